The Kier molecular flexibility index (Phi) is 6.44. The minimum Gasteiger partial charge on any atom is -0.327 e. The van der Waals surface area contributed by atoms with Gasteiger partial charge in [0.05, 0.1) is 0 Å². The molecule has 1 atom stereocenters. The van der Waals surface area contributed by atoms with E-state index >= 15 is 0 Å². The molecule has 0 heterocycles. The van der Waals surface area contributed by atoms with Gasteiger partial charge in [0.1, 0.15) is 0 Å². The molecule has 0 aliphatic heterocycles. The van der Waals surface area contributed by atoms with Crippen molar-refractivity contribution in [1.29, 1.82) is 0 Å². The lowest BCUT2D eigenvalue weighted by molar-refractivity contribution is 0.296. The number of rotatable bonds is 6. The molecule has 0 aliphatic carbocycles. The summed E-state index contributed by atoms with van der Waals surface area (Å²) in [5.41, 5.74) is 7.42. The highest BCUT2D eigenvalue weighted by Gasteiger charge is 2.08. The van der Waals surface area contributed by atoms with Gasteiger partial charge in [0.15, 0.2) is 0 Å². The van der Waals surface area contributed by atoms with Gasteiger partial charge in [-0.3, -0.25) is 0 Å². The SMILES string of the molecule is CC(C)C(N)CCN(C)Cc1ccc(I)cc1. The first-order valence-corrected chi connectivity index (χ1v) is 7.25. The van der Waals surface area contributed by atoms with Gasteiger partial charge in [-0.2, -0.15) is 0 Å². The lowest BCUT2D eigenvalue weighted by Gasteiger charge is -2.21. The zero-order chi connectivity index (χ0) is 12.8. The maximum Gasteiger partial charge on any atom is 0.0230 e. The lowest BCUT2D eigenvalue weighted by Crippen LogP contribution is -2.31. The predicted molar refractivity (Wildman–Crippen MR) is 82.9 cm³/mol. The summed E-state index contributed by atoms with van der Waals surface area (Å²) in [7, 11) is 2.16. The second kappa shape index (κ2) is 7.34. The molecule has 1 unspecified atom stereocenters. The van der Waals surface area contributed by atoms with E-state index in [1.807, 2.05) is 0 Å². The molecule has 1 aromatic rings. The number of hydrogen-bond acceptors (Lipinski definition) is 2. The molecule has 0 fully saturated rings. The van der Waals surface area contributed by atoms with Crippen LogP contribution in [0.1, 0.15) is 25.8 Å². The largest absolute Gasteiger partial charge is 0.327 e. The Bertz CT molecular complexity index is 321. The Labute approximate surface area is 119 Å². The number of benzene rings is 1. The summed E-state index contributed by atoms with van der Waals surface area (Å²) in [6.45, 7) is 6.43. The van der Waals surface area contributed by atoms with Gasteiger partial charge >= 0.3 is 0 Å². The summed E-state index contributed by atoms with van der Waals surface area (Å²) in [4.78, 5) is 2.34. The molecule has 0 amide bonds. The van der Waals surface area contributed by atoms with Gasteiger partial charge in [-0.05, 0) is 66.2 Å². The number of halogens is 1. The third-order valence-corrected chi connectivity index (χ3v) is 3.79. The Balaban J connectivity index is 2.34. The molecule has 2 nitrogen and oxygen atoms in total. The smallest absolute Gasteiger partial charge is 0.0230 e. The van der Waals surface area contributed by atoms with Crippen LogP contribution in [0.15, 0.2) is 24.3 Å². The van der Waals surface area contributed by atoms with Crippen molar-refractivity contribution in [2.75, 3.05) is 13.6 Å². The normalized spacial score (nSPS) is 13.4. The molecule has 0 aliphatic rings. The minimum atomic E-state index is 0.314. The summed E-state index contributed by atoms with van der Waals surface area (Å²) in [6.07, 6.45) is 1.07. The van der Waals surface area contributed by atoms with Crippen LogP contribution in [0.3, 0.4) is 0 Å². The molecule has 96 valence electrons. The molecule has 0 bridgehead atoms. The predicted octanol–water partition coefficient (Wildman–Crippen LogP) is 3.10. The van der Waals surface area contributed by atoms with Crippen molar-refractivity contribution in [3.05, 3.63) is 33.4 Å². The van der Waals surface area contributed by atoms with Crippen molar-refractivity contribution >= 4 is 22.6 Å². The van der Waals surface area contributed by atoms with Crippen molar-refractivity contribution in [1.82, 2.24) is 4.90 Å². The van der Waals surface area contributed by atoms with Crippen LogP contribution in [0.5, 0.6) is 0 Å². The quantitative estimate of drug-likeness (QED) is 0.802. The summed E-state index contributed by atoms with van der Waals surface area (Å²) >= 11 is 2.33. The van der Waals surface area contributed by atoms with Gasteiger partial charge < -0.3 is 10.6 Å². The van der Waals surface area contributed by atoms with E-state index in [4.69, 9.17) is 5.73 Å². The lowest BCUT2D eigenvalue weighted by atomic mass is 10.0. The molecular formula is C14H23IN2. The highest BCUT2D eigenvalue weighted by molar-refractivity contribution is 14.1. The van der Waals surface area contributed by atoms with Crippen LogP contribution in [0.2, 0.25) is 0 Å². The van der Waals surface area contributed by atoms with Gasteiger partial charge in [-0.25, -0.2) is 0 Å². The monoisotopic (exact) mass is 346 g/mol. The van der Waals surface area contributed by atoms with Crippen molar-refractivity contribution in [2.24, 2.45) is 11.7 Å². The van der Waals surface area contributed by atoms with Crippen LogP contribution in [0.4, 0.5) is 0 Å². The number of hydrogen-bond donors (Lipinski definition) is 1. The maximum atomic E-state index is 6.05. The first-order chi connectivity index (χ1) is 7.99. The topological polar surface area (TPSA) is 29.3 Å². The van der Waals surface area contributed by atoms with Gasteiger partial charge in [0.2, 0.25) is 0 Å². The molecule has 0 saturated heterocycles. The van der Waals surface area contributed by atoms with Crippen molar-refractivity contribution in [2.45, 2.75) is 32.9 Å². The summed E-state index contributed by atoms with van der Waals surface area (Å²) in [5.74, 6) is 0.571. The van der Waals surface area contributed by atoms with Crippen LogP contribution in [-0.2, 0) is 6.54 Å². The summed E-state index contributed by atoms with van der Waals surface area (Å²) in [5, 5.41) is 0. The molecule has 17 heavy (non-hydrogen) atoms. The van der Waals surface area contributed by atoms with Gasteiger partial charge in [0.25, 0.3) is 0 Å². The zero-order valence-electron chi connectivity index (χ0n) is 11.0. The molecule has 3 heteroatoms. The number of nitrogens with zero attached hydrogens (tertiary/aromatic N) is 1. The summed E-state index contributed by atoms with van der Waals surface area (Å²) in [6, 6.07) is 9.02. The fourth-order valence-electron chi connectivity index (χ4n) is 1.68. The van der Waals surface area contributed by atoms with Crippen LogP contribution in [-0.4, -0.2) is 24.5 Å². The Morgan fingerprint density at radius 2 is 1.82 bits per heavy atom. The van der Waals surface area contributed by atoms with E-state index in [-0.39, 0.29) is 0 Å². The molecule has 2 N–H and O–H groups in total. The van der Waals surface area contributed by atoms with E-state index < -0.39 is 0 Å². The Hall–Kier alpha value is -0.130. The highest BCUT2D eigenvalue weighted by atomic mass is 127. The van der Waals surface area contributed by atoms with Crippen LogP contribution in [0.25, 0.3) is 0 Å². The fourth-order valence-corrected chi connectivity index (χ4v) is 2.04. The van der Waals surface area contributed by atoms with Gasteiger partial charge in [-0.15, -0.1) is 0 Å². The highest BCUT2D eigenvalue weighted by Crippen LogP contribution is 2.10. The molecule has 0 spiro atoms. The van der Waals surface area contributed by atoms with Crippen molar-refractivity contribution < 1.29 is 0 Å². The third-order valence-electron chi connectivity index (χ3n) is 3.07. The van der Waals surface area contributed by atoms with Crippen molar-refractivity contribution in [3.63, 3.8) is 0 Å². The Morgan fingerprint density at radius 3 is 2.35 bits per heavy atom. The third kappa shape index (κ3) is 5.84. The van der Waals surface area contributed by atoms with E-state index in [1.54, 1.807) is 0 Å². The first kappa shape index (κ1) is 14.9. The van der Waals surface area contributed by atoms with Gasteiger partial charge in [-0.1, -0.05) is 26.0 Å². The molecule has 1 rings (SSSR count). The molecular weight excluding hydrogens is 323 g/mol. The van der Waals surface area contributed by atoms with Crippen molar-refractivity contribution in [3.8, 4) is 0 Å². The fraction of sp³-hybridized carbons (Fsp3) is 0.571. The zero-order valence-corrected chi connectivity index (χ0v) is 13.1. The first-order valence-electron chi connectivity index (χ1n) is 6.17. The van der Waals surface area contributed by atoms with Crippen LogP contribution < -0.4 is 5.73 Å². The molecule has 0 aromatic heterocycles. The second-order valence-electron chi connectivity index (χ2n) is 5.06. The molecule has 0 radical (unpaired) electrons. The van der Waals surface area contributed by atoms with E-state index in [1.165, 1.54) is 9.13 Å². The van der Waals surface area contributed by atoms with Crippen LogP contribution in [0, 0.1) is 9.49 Å². The average molecular weight is 346 g/mol. The van der Waals surface area contributed by atoms with E-state index in [9.17, 15) is 0 Å². The molecule has 0 saturated carbocycles. The average Bonchev–Trinajstić information content (AvgIpc) is 2.29. The second-order valence-corrected chi connectivity index (χ2v) is 6.31. The van der Waals surface area contributed by atoms with E-state index in [2.05, 4.69) is 72.7 Å². The van der Waals surface area contributed by atoms with Gasteiger partial charge in [0, 0.05) is 16.2 Å². The summed E-state index contributed by atoms with van der Waals surface area (Å²) < 4.78 is 1.29. The Morgan fingerprint density at radius 1 is 1.24 bits per heavy atom. The minimum absolute atomic E-state index is 0.314. The standard InChI is InChI=1S/C14H23IN2/c1-11(2)14(16)8-9-17(3)10-12-4-6-13(15)7-5-12/h4-7,11,14H,8-10,16H2,1-3H3. The number of nitrogens with two attached hydrogens (primary N) is 1. The molecule has 1 aromatic carbocycles. The maximum absolute atomic E-state index is 6.05. The van der Waals surface area contributed by atoms with Crippen LogP contribution >= 0.6 is 22.6 Å². The van der Waals surface area contributed by atoms with E-state index in [0.29, 0.717) is 12.0 Å². The van der Waals surface area contributed by atoms with E-state index in [0.717, 1.165) is 19.5 Å².